The van der Waals surface area contributed by atoms with Crippen molar-refractivity contribution < 1.29 is 64.6 Å². The van der Waals surface area contributed by atoms with E-state index in [2.05, 4.69) is 43.5 Å². The molecule has 12 atom stereocenters. The Morgan fingerprint density at radius 1 is 0.500 bits per heavy atom. The number of allylic oxidation sites excluding steroid dienone is 5. The molecule has 0 radical (unpaired) electrons. The number of ether oxygens (including phenoxy) is 4. The van der Waals surface area contributed by atoms with Gasteiger partial charge in [-0.15, -0.1) is 0 Å². The predicted octanol–water partition coefficient (Wildman–Crippen LogP) is 8.66. The molecule has 2 fully saturated rings. The Labute approximate surface area is 423 Å². The summed E-state index contributed by atoms with van der Waals surface area (Å²) in [6.45, 7) is 2.78. The molecule has 12 unspecified atom stereocenters. The normalized spacial score (nSPS) is 26.2. The highest BCUT2D eigenvalue weighted by Crippen LogP contribution is 2.30. The molecule has 0 aliphatic carbocycles. The Hall–Kier alpha value is -1.79. The predicted molar refractivity (Wildman–Crippen MR) is 277 cm³/mol. The molecular weight excluding hydrogens is 895 g/mol. The summed E-state index contributed by atoms with van der Waals surface area (Å²) < 4.78 is 22.7. The summed E-state index contributed by atoms with van der Waals surface area (Å²) in [6, 6.07) is -0.934. The fourth-order valence-corrected chi connectivity index (χ4v) is 9.21. The van der Waals surface area contributed by atoms with Gasteiger partial charge in [-0.05, 0) is 44.9 Å². The fraction of sp³-hybridized carbons (Fsp3) is 0.875. The molecule has 0 aromatic rings. The number of carbonyl (C=O) groups excluding carboxylic acids is 1. The van der Waals surface area contributed by atoms with E-state index in [4.69, 9.17) is 18.9 Å². The molecule has 2 heterocycles. The smallest absolute Gasteiger partial charge is 0.220 e. The third-order valence-corrected chi connectivity index (χ3v) is 13.8. The van der Waals surface area contributed by atoms with Gasteiger partial charge in [-0.2, -0.15) is 0 Å². The van der Waals surface area contributed by atoms with Crippen LogP contribution in [0.25, 0.3) is 0 Å². The summed E-state index contributed by atoms with van der Waals surface area (Å²) in [7, 11) is 0. The van der Waals surface area contributed by atoms with Crippen molar-refractivity contribution >= 4 is 5.91 Å². The van der Waals surface area contributed by atoms with Crippen LogP contribution in [0, 0.1) is 0 Å². The number of unbranched alkanes of at least 4 members (excludes halogenated alkanes) is 27. The van der Waals surface area contributed by atoms with Gasteiger partial charge in [-0.3, -0.25) is 4.79 Å². The molecule has 2 rings (SSSR count). The van der Waals surface area contributed by atoms with Crippen LogP contribution in [0.3, 0.4) is 0 Å². The molecule has 2 aliphatic rings. The van der Waals surface area contributed by atoms with Crippen LogP contribution in [0.15, 0.2) is 36.5 Å². The largest absolute Gasteiger partial charge is 0.394 e. The number of hydrogen-bond donors (Lipinski definition) is 9. The second-order valence-corrected chi connectivity index (χ2v) is 20.1. The lowest BCUT2D eigenvalue weighted by Crippen LogP contribution is -2.65. The van der Waals surface area contributed by atoms with Crippen molar-refractivity contribution in [3.63, 3.8) is 0 Å². The number of amides is 1. The van der Waals surface area contributed by atoms with E-state index in [9.17, 15) is 45.6 Å². The zero-order chi connectivity index (χ0) is 51.0. The molecular formula is C56H103NO13. The van der Waals surface area contributed by atoms with Crippen molar-refractivity contribution in [1.82, 2.24) is 5.32 Å². The third-order valence-electron chi connectivity index (χ3n) is 13.8. The van der Waals surface area contributed by atoms with E-state index in [0.717, 1.165) is 44.9 Å². The number of nitrogens with one attached hydrogen (secondary N) is 1. The molecule has 410 valence electrons. The second kappa shape index (κ2) is 42.6. The van der Waals surface area contributed by atoms with Crippen molar-refractivity contribution in [2.75, 3.05) is 19.8 Å². The van der Waals surface area contributed by atoms with Gasteiger partial charge >= 0.3 is 0 Å². The van der Waals surface area contributed by atoms with Crippen molar-refractivity contribution in [3.05, 3.63) is 36.5 Å². The molecule has 0 saturated carbocycles. The molecule has 0 spiro atoms. The SMILES string of the molecule is CCCCCCCCCCC/C=C/CC/C=C/CC/C=C/C(O)C(COC1OC(CO)C(OC2OC(CO)C(O)C(O)C2O)C(O)C1O)NC(=O)CCCCCCCCCCCCCCCCCCC. The number of aliphatic hydroxyl groups is 8. The molecule has 0 bridgehead atoms. The summed E-state index contributed by atoms with van der Waals surface area (Å²) in [4.78, 5) is 13.2. The van der Waals surface area contributed by atoms with E-state index in [1.54, 1.807) is 6.08 Å². The maximum atomic E-state index is 13.2. The van der Waals surface area contributed by atoms with Gasteiger partial charge in [0.2, 0.25) is 5.91 Å². The Morgan fingerprint density at radius 3 is 1.40 bits per heavy atom. The standard InChI is InChI=1S/C56H103NO13/c1-3-5-7-9-11-13-15-17-19-21-22-24-25-27-29-31-33-35-37-39-45(60)44(57-48(61)40-38-36-34-32-30-28-26-23-20-18-16-14-12-10-8-6-4-2)43-67-55-53(66)51(64)54(47(42-59)69-55)70-56-52(65)50(63)49(62)46(41-58)68-56/h22,24,29,31,37,39,44-47,49-56,58-60,62-66H,3-21,23,25-28,30,32-36,38,40-43H2,1-2H3,(H,57,61)/b24-22+,31-29+,39-37+. The van der Waals surface area contributed by atoms with Crippen LogP contribution in [-0.4, -0.2) is 140 Å². The Kier molecular flexibility index (Phi) is 39.1. The van der Waals surface area contributed by atoms with Crippen LogP contribution in [0.1, 0.15) is 219 Å². The van der Waals surface area contributed by atoms with E-state index >= 15 is 0 Å². The lowest BCUT2D eigenvalue weighted by Gasteiger charge is -2.46. The van der Waals surface area contributed by atoms with Gasteiger partial charge in [-0.25, -0.2) is 0 Å². The first kappa shape index (κ1) is 64.3. The first-order chi connectivity index (χ1) is 34.1. The lowest BCUT2D eigenvalue weighted by molar-refractivity contribution is -0.359. The Balaban J connectivity index is 1.83. The second-order valence-electron chi connectivity index (χ2n) is 20.1. The number of carbonyl (C=O) groups is 1. The van der Waals surface area contributed by atoms with Crippen LogP contribution in [0.2, 0.25) is 0 Å². The number of hydrogen-bond acceptors (Lipinski definition) is 13. The zero-order valence-electron chi connectivity index (χ0n) is 43.8. The first-order valence-corrected chi connectivity index (χ1v) is 28.2. The highest BCUT2D eigenvalue weighted by molar-refractivity contribution is 5.76. The summed E-state index contributed by atoms with van der Waals surface area (Å²) in [6.07, 6.45) is 33.2. The van der Waals surface area contributed by atoms with E-state index in [1.807, 2.05) is 6.08 Å². The van der Waals surface area contributed by atoms with Crippen LogP contribution in [0.5, 0.6) is 0 Å². The van der Waals surface area contributed by atoms with Gasteiger partial charge in [0.05, 0.1) is 32.0 Å². The maximum absolute atomic E-state index is 13.2. The number of rotatable bonds is 44. The number of aliphatic hydroxyl groups excluding tert-OH is 8. The van der Waals surface area contributed by atoms with Gasteiger partial charge in [0.15, 0.2) is 12.6 Å². The van der Waals surface area contributed by atoms with Gasteiger partial charge in [0.25, 0.3) is 0 Å². The quantitative estimate of drug-likeness (QED) is 0.0206. The summed E-state index contributed by atoms with van der Waals surface area (Å²) in [5.41, 5.74) is 0. The topological polar surface area (TPSA) is 228 Å². The van der Waals surface area contributed by atoms with E-state index in [0.29, 0.717) is 12.8 Å². The monoisotopic (exact) mass is 998 g/mol. The van der Waals surface area contributed by atoms with Crippen molar-refractivity contribution in [2.45, 2.75) is 293 Å². The molecule has 0 aromatic carbocycles. The fourth-order valence-electron chi connectivity index (χ4n) is 9.21. The summed E-state index contributed by atoms with van der Waals surface area (Å²) >= 11 is 0. The summed E-state index contributed by atoms with van der Waals surface area (Å²) in [5, 5.41) is 86.9. The van der Waals surface area contributed by atoms with Gasteiger partial charge in [-0.1, -0.05) is 204 Å². The molecule has 70 heavy (non-hydrogen) atoms. The van der Waals surface area contributed by atoms with Crippen LogP contribution in [0.4, 0.5) is 0 Å². The van der Waals surface area contributed by atoms with Gasteiger partial charge in [0, 0.05) is 6.42 Å². The minimum absolute atomic E-state index is 0.251. The zero-order valence-corrected chi connectivity index (χ0v) is 43.8. The summed E-state index contributed by atoms with van der Waals surface area (Å²) in [5.74, 6) is -0.251. The first-order valence-electron chi connectivity index (χ1n) is 28.2. The molecule has 1 amide bonds. The maximum Gasteiger partial charge on any atom is 0.220 e. The minimum Gasteiger partial charge on any atom is -0.394 e. The van der Waals surface area contributed by atoms with E-state index < -0.39 is 86.8 Å². The van der Waals surface area contributed by atoms with Gasteiger partial charge < -0.3 is 65.1 Å². The van der Waals surface area contributed by atoms with Crippen molar-refractivity contribution in [3.8, 4) is 0 Å². The van der Waals surface area contributed by atoms with Crippen LogP contribution >= 0.6 is 0 Å². The minimum atomic E-state index is -1.79. The molecule has 14 nitrogen and oxygen atoms in total. The van der Waals surface area contributed by atoms with E-state index in [-0.39, 0.29) is 18.9 Å². The van der Waals surface area contributed by atoms with Gasteiger partial charge in [0.1, 0.15) is 48.8 Å². The Bertz CT molecular complexity index is 1320. The highest BCUT2D eigenvalue weighted by atomic mass is 16.7. The van der Waals surface area contributed by atoms with Crippen LogP contribution in [-0.2, 0) is 23.7 Å². The molecule has 2 saturated heterocycles. The average molecular weight is 998 g/mol. The third kappa shape index (κ3) is 28.6. The lowest BCUT2D eigenvalue weighted by atomic mass is 9.97. The van der Waals surface area contributed by atoms with Crippen molar-refractivity contribution in [2.24, 2.45) is 0 Å². The van der Waals surface area contributed by atoms with Crippen LogP contribution < -0.4 is 5.32 Å². The molecule has 9 N–H and O–H groups in total. The molecule has 2 aliphatic heterocycles. The Morgan fingerprint density at radius 2 is 0.914 bits per heavy atom. The van der Waals surface area contributed by atoms with E-state index in [1.165, 1.54) is 141 Å². The van der Waals surface area contributed by atoms with Crippen molar-refractivity contribution in [1.29, 1.82) is 0 Å². The molecule has 0 aromatic heterocycles. The highest BCUT2D eigenvalue weighted by Gasteiger charge is 2.51. The average Bonchev–Trinajstić information content (AvgIpc) is 3.36. The molecule has 14 heteroatoms.